The van der Waals surface area contributed by atoms with Crippen LogP contribution >= 0.6 is 0 Å². The molecule has 0 amide bonds. The molecule has 0 aliphatic heterocycles. The van der Waals surface area contributed by atoms with Gasteiger partial charge in [0.25, 0.3) is 0 Å². The molecular formula is C28H48O2. The third-order valence-corrected chi connectivity index (χ3v) is 6.33. The van der Waals surface area contributed by atoms with Gasteiger partial charge in [0.1, 0.15) is 6.61 Å². The van der Waals surface area contributed by atoms with Crippen LogP contribution in [0.25, 0.3) is 0 Å². The number of carbonyl (C=O) groups is 1. The number of unbranched alkanes of at least 4 members (excludes halogenated alkanes) is 11. The molecule has 2 heteroatoms. The quantitative estimate of drug-likeness (QED) is 0.166. The minimum Gasteiger partial charge on any atom is -0.461 e. The molecule has 0 aromatic heterocycles. The molecule has 1 aromatic rings. The molecule has 0 aliphatic rings. The first kappa shape index (κ1) is 26.7. The summed E-state index contributed by atoms with van der Waals surface area (Å²) in [6.45, 7) is 7.26. The Morgan fingerprint density at radius 3 is 1.83 bits per heavy atom. The van der Waals surface area contributed by atoms with E-state index in [1.807, 2.05) is 30.3 Å². The predicted molar refractivity (Wildman–Crippen MR) is 129 cm³/mol. The third-order valence-electron chi connectivity index (χ3n) is 6.33. The number of carbonyl (C=O) groups excluding carboxylic acids is 1. The van der Waals surface area contributed by atoms with Crippen molar-refractivity contribution in [2.75, 3.05) is 0 Å². The number of ether oxygens (including phenoxy) is 1. The summed E-state index contributed by atoms with van der Waals surface area (Å²) in [6, 6.07) is 9.93. The SMILES string of the molecule is CCCCCCCCCCCCCCC(CCC(=O)OCc1ccccc1)C(C)C. The number of rotatable bonds is 19. The molecule has 0 N–H and O–H groups in total. The van der Waals surface area contributed by atoms with Crippen LogP contribution < -0.4 is 0 Å². The summed E-state index contributed by atoms with van der Waals surface area (Å²) in [5.41, 5.74) is 1.06. The molecule has 172 valence electrons. The smallest absolute Gasteiger partial charge is 0.306 e. The van der Waals surface area contributed by atoms with Gasteiger partial charge in [0.2, 0.25) is 0 Å². The summed E-state index contributed by atoms with van der Waals surface area (Å²) in [5.74, 6) is 1.22. The zero-order valence-electron chi connectivity index (χ0n) is 20.2. The molecule has 2 nitrogen and oxygen atoms in total. The number of hydrogen-bond acceptors (Lipinski definition) is 2. The standard InChI is InChI=1S/C28H48O2/c1-4-5-6-7-8-9-10-11-12-13-14-18-21-27(25(2)3)22-23-28(29)30-24-26-19-16-15-17-20-26/h15-17,19-20,25,27H,4-14,18,21-24H2,1-3H3. The maximum absolute atomic E-state index is 12.1. The first-order valence-corrected chi connectivity index (χ1v) is 12.8. The Balaban J connectivity index is 2.02. The zero-order chi connectivity index (χ0) is 21.9. The van der Waals surface area contributed by atoms with Gasteiger partial charge in [-0.05, 0) is 23.8 Å². The second kappa shape index (κ2) is 18.5. The van der Waals surface area contributed by atoms with Crippen molar-refractivity contribution in [3.63, 3.8) is 0 Å². The van der Waals surface area contributed by atoms with Gasteiger partial charge in [0, 0.05) is 6.42 Å². The van der Waals surface area contributed by atoms with Gasteiger partial charge in [-0.15, -0.1) is 0 Å². The largest absolute Gasteiger partial charge is 0.461 e. The summed E-state index contributed by atoms with van der Waals surface area (Å²) >= 11 is 0. The van der Waals surface area contributed by atoms with Crippen LogP contribution in [0.2, 0.25) is 0 Å². The lowest BCUT2D eigenvalue weighted by Crippen LogP contribution is -2.13. The lowest BCUT2D eigenvalue weighted by atomic mass is 9.86. The van der Waals surface area contributed by atoms with Crippen LogP contribution in [0.1, 0.15) is 123 Å². The Labute approximate surface area is 187 Å². The van der Waals surface area contributed by atoms with E-state index in [9.17, 15) is 4.79 Å². The van der Waals surface area contributed by atoms with Crippen molar-refractivity contribution >= 4 is 5.97 Å². The molecular weight excluding hydrogens is 368 g/mol. The van der Waals surface area contributed by atoms with Gasteiger partial charge >= 0.3 is 5.97 Å². The molecule has 0 bridgehead atoms. The molecule has 1 unspecified atom stereocenters. The minimum atomic E-state index is -0.0563. The fourth-order valence-electron chi connectivity index (χ4n) is 4.17. The molecule has 0 saturated carbocycles. The molecule has 0 radical (unpaired) electrons. The van der Waals surface area contributed by atoms with Crippen LogP contribution in [0, 0.1) is 11.8 Å². The Morgan fingerprint density at radius 1 is 0.767 bits per heavy atom. The molecule has 1 aromatic carbocycles. The maximum atomic E-state index is 12.1. The van der Waals surface area contributed by atoms with Crippen LogP contribution in [0.5, 0.6) is 0 Å². The van der Waals surface area contributed by atoms with Crippen molar-refractivity contribution in [1.82, 2.24) is 0 Å². The van der Waals surface area contributed by atoms with Gasteiger partial charge in [0.15, 0.2) is 0 Å². The van der Waals surface area contributed by atoms with Crippen molar-refractivity contribution in [1.29, 1.82) is 0 Å². The molecule has 0 spiro atoms. The lowest BCUT2D eigenvalue weighted by molar-refractivity contribution is -0.145. The molecule has 0 saturated heterocycles. The highest BCUT2D eigenvalue weighted by Gasteiger charge is 2.15. The van der Waals surface area contributed by atoms with Gasteiger partial charge in [-0.2, -0.15) is 0 Å². The summed E-state index contributed by atoms with van der Waals surface area (Å²) < 4.78 is 5.44. The Bertz CT molecular complexity index is 509. The van der Waals surface area contributed by atoms with E-state index in [0.717, 1.165) is 12.0 Å². The van der Waals surface area contributed by atoms with Crippen molar-refractivity contribution in [2.24, 2.45) is 11.8 Å². The Kier molecular flexibility index (Phi) is 16.4. The van der Waals surface area contributed by atoms with Crippen molar-refractivity contribution in [3.05, 3.63) is 35.9 Å². The number of benzene rings is 1. The van der Waals surface area contributed by atoms with E-state index in [2.05, 4.69) is 20.8 Å². The van der Waals surface area contributed by atoms with Crippen LogP contribution in [0.4, 0.5) is 0 Å². The van der Waals surface area contributed by atoms with E-state index in [1.54, 1.807) is 0 Å². The number of esters is 1. The third kappa shape index (κ3) is 14.6. The normalized spacial score (nSPS) is 12.3. The summed E-state index contributed by atoms with van der Waals surface area (Å²) in [4.78, 5) is 12.1. The van der Waals surface area contributed by atoms with Gasteiger partial charge in [-0.1, -0.05) is 135 Å². The van der Waals surface area contributed by atoms with Crippen molar-refractivity contribution in [3.8, 4) is 0 Å². The van der Waals surface area contributed by atoms with Crippen LogP contribution in [-0.2, 0) is 16.1 Å². The Hall–Kier alpha value is -1.31. The molecule has 0 fully saturated rings. The van der Waals surface area contributed by atoms with Gasteiger partial charge in [0.05, 0.1) is 0 Å². The fourth-order valence-corrected chi connectivity index (χ4v) is 4.17. The van der Waals surface area contributed by atoms with Crippen LogP contribution in [0.3, 0.4) is 0 Å². The van der Waals surface area contributed by atoms with E-state index in [4.69, 9.17) is 4.74 Å². The van der Waals surface area contributed by atoms with E-state index < -0.39 is 0 Å². The van der Waals surface area contributed by atoms with Crippen molar-refractivity contribution in [2.45, 2.75) is 124 Å². The molecule has 30 heavy (non-hydrogen) atoms. The monoisotopic (exact) mass is 416 g/mol. The molecule has 0 aliphatic carbocycles. The van der Waals surface area contributed by atoms with Crippen LogP contribution in [0.15, 0.2) is 30.3 Å². The minimum absolute atomic E-state index is 0.0563. The van der Waals surface area contributed by atoms with E-state index in [1.165, 1.54) is 83.5 Å². The molecule has 1 rings (SSSR count). The second-order valence-corrected chi connectivity index (χ2v) is 9.37. The average Bonchev–Trinajstić information content (AvgIpc) is 2.75. The van der Waals surface area contributed by atoms with E-state index in [-0.39, 0.29) is 5.97 Å². The zero-order valence-corrected chi connectivity index (χ0v) is 20.2. The number of hydrogen-bond donors (Lipinski definition) is 0. The average molecular weight is 417 g/mol. The lowest BCUT2D eigenvalue weighted by Gasteiger charge is -2.20. The highest BCUT2D eigenvalue weighted by atomic mass is 16.5. The maximum Gasteiger partial charge on any atom is 0.306 e. The topological polar surface area (TPSA) is 26.3 Å². The predicted octanol–water partition coefficient (Wildman–Crippen LogP) is 8.87. The Morgan fingerprint density at radius 2 is 1.30 bits per heavy atom. The van der Waals surface area contributed by atoms with Gasteiger partial charge in [-0.3, -0.25) is 4.79 Å². The van der Waals surface area contributed by atoms with Crippen LogP contribution in [-0.4, -0.2) is 5.97 Å². The first-order chi connectivity index (χ1) is 14.6. The van der Waals surface area contributed by atoms with E-state index in [0.29, 0.717) is 24.9 Å². The highest BCUT2D eigenvalue weighted by Crippen LogP contribution is 2.24. The fraction of sp³-hybridized carbons (Fsp3) is 0.750. The molecule has 1 atom stereocenters. The highest BCUT2D eigenvalue weighted by molar-refractivity contribution is 5.69. The first-order valence-electron chi connectivity index (χ1n) is 12.8. The van der Waals surface area contributed by atoms with E-state index >= 15 is 0 Å². The second-order valence-electron chi connectivity index (χ2n) is 9.37. The van der Waals surface area contributed by atoms with Crippen molar-refractivity contribution < 1.29 is 9.53 Å². The molecule has 0 heterocycles. The summed E-state index contributed by atoms with van der Waals surface area (Å²) in [6.07, 6.45) is 19.5. The van der Waals surface area contributed by atoms with Gasteiger partial charge in [-0.25, -0.2) is 0 Å². The summed E-state index contributed by atoms with van der Waals surface area (Å²) in [7, 11) is 0. The van der Waals surface area contributed by atoms with Gasteiger partial charge < -0.3 is 4.74 Å². The summed E-state index contributed by atoms with van der Waals surface area (Å²) in [5, 5.41) is 0.